The summed E-state index contributed by atoms with van der Waals surface area (Å²) in [4.78, 5) is -0.735. The highest BCUT2D eigenvalue weighted by atomic mass is 32.2. The van der Waals surface area contributed by atoms with Gasteiger partial charge in [0.15, 0.2) is 0 Å². The van der Waals surface area contributed by atoms with Crippen molar-refractivity contribution in [1.29, 1.82) is 0 Å². The molecule has 1 aliphatic carbocycles. The number of halogens is 3. The molecule has 8 heteroatoms. The molecular weight excluding hydrogens is 331 g/mol. The van der Waals surface area contributed by atoms with Crippen LogP contribution in [0.25, 0.3) is 0 Å². The fraction of sp³-hybridized carbons (Fsp3) is 0.600. The zero-order valence-electron chi connectivity index (χ0n) is 12.3. The molecule has 3 atom stereocenters. The van der Waals surface area contributed by atoms with Crippen molar-refractivity contribution < 1.29 is 26.3 Å². The summed E-state index contributed by atoms with van der Waals surface area (Å²) in [6, 6.07) is 4.98. The monoisotopic (exact) mass is 349 g/mol. The normalized spacial score (nSPS) is 28.4. The van der Waals surface area contributed by atoms with Gasteiger partial charge in [0.1, 0.15) is 0 Å². The SMILES string of the molecule is O=S(=O)(c1ccc(NC2CCCC3OCCC23)cc1)C(F)(F)F. The molecule has 2 fully saturated rings. The lowest BCUT2D eigenvalue weighted by Gasteiger charge is -2.33. The molecule has 3 rings (SSSR count). The number of alkyl halides is 3. The summed E-state index contributed by atoms with van der Waals surface area (Å²) >= 11 is 0. The topological polar surface area (TPSA) is 55.4 Å². The van der Waals surface area contributed by atoms with Crippen LogP contribution in [-0.2, 0) is 14.6 Å². The van der Waals surface area contributed by atoms with E-state index in [1.807, 2.05) is 0 Å². The zero-order valence-corrected chi connectivity index (χ0v) is 13.2. The maximum absolute atomic E-state index is 12.5. The number of sulfone groups is 1. The van der Waals surface area contributed by atoms with E-state index in [0.29, 0.717) is 11.6 Å². The first kappa shape index (κ1) is 16.6. The van der Waals surface area contributed by atoms with Gasteiger partial charge in [0.25, 0.3) is 9.84 Å². The van der Waals surface area contributed by atoms with E-state index in [-0.39, 0.29) is 12.1 Å². The molecule has 1 aliphatic heterocycles. The van der Waals surface area contributed by atoms with E-state index in [4.69, 9.17) is 4.74 Å². The second-order valence-corrected chi connectivity index (χ2v) is 7.96. The molecule has 23 heavy (non-hydrogen) atoms. The average Bonchev–Trinajstić information content (AvgIpc) is 2.96. The van der Waals surface area contributed by atoms with Gasteiger partial charge in [-0.2, -0.15) is 13.2 Å². The van der Waals surface area contributed by atoms with Gasteiger partial charge in [0.05, 0.1) is 11.0 Å². The Hall–Kier alpha value is -1.28. The lowest BCUT2D eigenvalue weighted by atomic mass is 9.81. The Morgan fingerprint density at radius 2 is 1.78 bits per heavy atom. The van der Waals surface area contributed by atoms with Gasteiger partial charge in [-0.1, -0.05) is 0 Å². The van der Waals surface area contributed by atoms with Crippen LogP contribution >= 0.6 is 0 Å². The van der Waals surface area contributed by atoms with Crippen LogP contribution in [0.5, 0.6) is 0 Å². The summed E-state index contributed by atoms with van der Waals surface area (Å²) in [6.45, 7) is 0.746. The van der Waals surface area contributed by atoms with Gasteiger partial charge in [0, 0.05) is 24.3 Å². The minimum Gasteiger partial charge on any atom is -0.382 e. The molecule has 1 saturated carbocycles. The van der Waals surface area contributed by atoms with Gasteiger partial charge in [-0.15, -0.1) is 0 Å². The van der Waals surface area contributed by atoms with Crippen molar-refractivity contribution in [3.8, 4) is 0 Å². The first-order chi connectivity index (χ1) is 10.8. The van der Waals surface area contributed by atoms with Crippen LogP contribution in [0.1, 0.15) is 25.7 Å². The average molecular weight is 349 g/mol. The minimum absolute atomic E-state index is 0.210. The Labute approximate surface area is 132 Å². The molecule has 1 aromatic rings. The van der Waals surface area contributed by atoms with Crippen molar-refractivity contribution in [3.63, 3.8) is 0 Å². The van der Waals surface area contributed by atoms with Gasteiger partial charge >= 0.3 is 5.51 Å². The van der Waals surface area contributed by atoms with Crippen molar-refractivity contribution in [3.05, 3.63) is 24.3 Å². The second kappa shape index (κ2) is 5.98. The Bertz CT molecular complexity index is 658. The van der Waals surface area contributed by atoms with E-state index < -0.39 is 20.2 Å². The Morgan fingerprint density at radius 3 is 2.43 bits per heavy atom. The van der Waals surface area contributed by atoms with Crippen LogP contribution in [-0.4, -0.2) is 32.7 Å². The molecule has 0 spiro atoms. The Kier molecular flexibility index (Phi) is 4.31. The van der Waals surface area contributed by atoms with Gasteiger partial charge in [-0.05, 0) is 49.9 Å². The van der Waals surface area contributed by atoms with Crippen molar-refractivity contribution in [2.75, 3.05) is 11.9 Å². The van der Waals surface area contributed by atoms with Crippen molar-refractivity contribution >= 4 is 15.5 Å². The van der Waals surface area contributed by atoms with Crippen LogP contribution in [0, 0.1) is 5.92 Å². The largest absolute Gasteiger partial charge is 0.501 e. The van der Waals surface area contributed by atoms with E-state index >= 15 is 0 Å². The zero-order chi connectivity index (χ0) is 16.7. The van der Waals surface area contributed by atoms with Crippen LogP contribution in [0.2, 0.25) is 0 Å². The first-order valence-electron chi connectivity index (χ1n) is 7.58. The van der Waals surface area contributed by atoms with E-state index in [0.717, 1.165) is 44.4 Å². The fourth-order valence-corrected chi connectivity index (χ4v) is 4.19. The second-order valence-electron chi connectivity index (χ2n) is 6.02. The number of benzene rings is 1. The van der Waals surface area contributed by atoms with Crippen LogP contribution in [0.15, 0.2) is 29.2 Å². The first-order valence-corrected chi connectivity index (χ1v) is 9.07. The molecule has 1 saturated heterocycles. The molecule has 1 heterocycles. The molecule has 1 N–H and O–H groups in total. The molecule has 0 aromatic heterocycles. The lowest BCUT2D eigenvalue weighted by Crippen LogP contribution is -2.38. The van der Waals surface area contributed by atoms with Gasteiger partial charge < -0.3 is 10.1 Å². The van der Waals surface area contributed by atoms with E-state index in [9.17, 15) is 21.6 Å². The Balaban J connectivity index is 1.73. The highest BCUT2D eigenvalue weighted by molar-refractivity contribution is 7.92. The summed E-state index contributed by atoms with van der Waals surface area (Å²) in [7, 11) is -5.29. The number of rotatable bonds is 3. The van der Waals surface area contributed by atoms with Crippen LogP contribution in [0.4, 0.5) is 18.9 Å². The third-order valence-electron chi connectivity index (χ3n) is 4.60. The standard InChI is InChI=1S/C15H18F3NO3S/c16-15(17,18)23(20,21)11-6-4-10(5-7-11)19-13-2-1-3-14-12(13)8-9-22-14/h4-7,12-14,19H,1-3,8-9H2. The van der Waals surface area contributed by atoms with E-state index in [1.54, 1.807) is 0 Å². The smallest absolute Gasteiger partial charge is 0.382 e. The highest BCUT2D eigenvalue weighted by Gasteiger charge is 2.46. The molecule has 4 nitrogen and oxygen atoms in total. The summed E-state index contributed by atoms with van der Waals surface area (Å²) in [6.07, 6.45) is 4.30. The van der Waals surface area contributed by atoms with Gasteiger partial charge in [-0.25, -0.2) is 8.42 Å². The fourth-order valence-electron chi connectivity index (χ4n) is 3.43. The molecule has 3 unspecified atom stereocenters. The maximum Gasteiger partial charge on any atom is 0.501 e. The van der Waals surface area contributed by atoms with Crippen molar-refractivity contribution in [2.45, 2.75) is 48.2 Å². The molecular formula is C15H18F3NO3S. The molecule has 0 amide bonds. The third-order valence-corrected chi connectivity index (χ3v) is 6.10. The molecule has 2 aliphatic rings. The number of fused-ring (bicyclic) bond motifs is 1. The summed E-state index contributed by atoms with van der Waals surface area (Å²) in [5.41, 5.74) is -4.65. The number of nitrogens with one attached hydrogen (secondary N) is 1. The molecule has 128 valence electrons. The minimum atomic E-state index is -5.29. The van der Waals surface area contributed by atoms with E-state index in [2.05, 4.69) is 5.32 Å². The molecule has 0 bridgehead atoms. The van der Waals surface area contributed by atoms with Crippen LogP contribution < -0.4 is 5.32 Å². The van der Waals surface area contributed by atoms with Gasteiger partial charge in [0.2, 0.25) is 0 Å². The number of ether oxygens (including phenoxy) is 1. The predicted octanol–water partition coefficient (Wildman–Crippen LogP) is 3.35. The van der Waals surface area contributed by atoms with E-state index in [1.165, 1.54) is 12.1 Å². The lowest BCUT2D eigenvalue weighted by molar-refractivity contribution is -0.0436. The predicted molar refractivity (Wildman–Crippen MR) is 78.8 cm³/mol. The molecule has 1 aromatic carbocycles. The Morgan fingerprint density at radius 1 is 1.09 bits per heavy atom. The van der Waals surface area contributed by atoms with Crippen molar-refractivity contribution in [1.82, 2.24) is 0 Å². The summed E-state index contributed by atoms with van der Waals surface area (Å²) in [5, 5.41) is 3.31. The quantitative estimate of drug-likeness (QED) is 0.909. The van der Waals surface area contributed by atoms with Crippen molar-refractivity contribution in [2.24, 2.45) is 5.92 Å². The highest BCUT2D eigenvalue weighted by Crippen LogP contribution is 2.36. The molecule has 0 radical (unpaired) electrons. The van der Waals surface area contributed by atoms with Crippen LogP contribution in [0.3, 0.4) is 0 Å². The number of hydrogen-bond donors (Lipinski definition) is 1. The third kappa shape index (κ3) is 3.19. The van der Waals surface area contributed by atoms with Gasteiger partial charge in [-0.3, -0.25) is 0 Å². The number of hydrogen-bond acceptors (Lipinski definition) is 4. The maximum atomic E-state index is 12.5. The summed E-state index contributed by atoms with van der Waals surface area (Å²) in [5.74, 6) is 0.405. The summed E-state index contributed by atoms with van der Waals surface area (Å²) < 4.78 is 65.9. The number of anilines is 1.